The predicted octanol–water partition coefficient (Wildman–Crippen LogP) is 0.688. The van der Waals surface area contributed by atoms with E-state index in [-0.39, 0.29) is 18.4 Å². The molecule has 0 aliphatic carbocycles. The summed E-state index contributed by atoms with van der Waals surface area (Å²) in [4.78, 5) is 25.7. The molecule has 1 saturated heterocycles. The van der Waals surface area contributed by atoms with Crippen molar-refractivity contribution in [3.63, 3.8) is 0 Å². The summed E-state index contributed by atoms with van der Waals surface area (Å²) in [5.41, 5.74) is 0. The lowest BCUT2D eigenvalue weighted by molar-refractivity contribution is -0.119. The minimum absolute atomic E-state index is 0.173. The van der Waals surface area contributed by atoms with E-state index in [2.05, 4.69) is 5.32 Å². The van der Waals surface area contributed by atoms with E-state index in [1.54, 1.807) is 21.9 Å². The maximum Gasteiger partial charge on any atom is 0.317 e. The SMILES string of the molecule is O=CN1CCN(C(=O)NCCOc2ccccc2F)CC1. The molecule has 1 heterocycles. The van der Waals surface area contributed by atoms with Crippen LogP contribution in [0.4, 0.5) is 9.18 Å². The molecular formula is C14H18FN3O3. The molecule has 114 valence electrons. The average Bonchev–Trinajstić information content (AvgIpc) is 2.53. The van der Waals surface area contributed by atoms with E-state index < -0.39 is 5.82 Å². The van der Waals surface area contributed by atoms with Gasteiger partial charge in [-0.05, 0) is 12.1 Å². The Bertz CT molecular complexity index is 490. The van der Waals surface area contributed by atoms with Gasteiger partial charge in [0.25, 0.3) is 0 Å². The lowest BCUT2D eigenvalue weighted by atomic mass is 10.3. The number of hydrogen-bond acceptors (Lipinski definition) is 3. The van der Waals surface area contributed by atoms with Crippen LogP contribution in [0.5, 0.6) is 5.75 Å². The minimum atomic E-state index is -0.422. The second-order valence-electron chi connectivity index (χ2n) is 4.64. The summed E-state index contributed by atoms with van der Waals surface area (Å²) in [6.07, 6.45) is 0.789. The number of halogens is 1. The van der Waals surface area contributed by atoms with Crippen molar-refractivity contribution in [2.75, 3.05) is 39.3 Å². The number of amides is 3. The van der Waals surface area contributed by atoms with Crippen molar-refractivity contribution in [1.82, 2.24) is 15.1 Å². The fraction of sp³-hybridized carbons (Fsp3) is 0.429. The van der Waals surface area contributed by atoms with Crippen molar-refractivity contribution in [2.45, 2.75) is 0 Å². The van der Waals surface area contributed by atoms with Crippen LogP contribution in [-0.2, 0) is 4.79 Å². The molecule has 0 aromatic heterocycles. The van der Waals surface area contributed by atoms with Crippen LogP contribution in [-0.4, -0.2) is 61.6 Å². The fourth-order valence-corrected chi connectivity index (χ4v) is 2.02. The third-order valence-corrected chi connectivity index (χ3v) is 3.22. The van der Waals surface area contributed by atoms with Crippen molar-refractivity contribution in [2.24, 2.45) is 0 Å². The van der Waals surface area contributed by atoms with Crippen molar-refractivity contribution in [3.05, 3.63) is 30.1 Å². The number of para-hydroxylation sites is 1. The summed E-state index contributed by atoms with van der Waals surface area (Å²) < 4.78 is 18.5. The number of carbonyl (C=O) groups excluding carboxylic acids is 2. The van der Waals surface area contributed by atoms with Gasteiger partial charge in [0.15, 0.2) is 11.6 Å². The number of nitrogens with one attached hydrogen (secondary N) is 1. The first kappa shape index (κ1) is 15.1. The van der Waals surface area contributed by atoms with Gasteiger partial charge in [0.2, 0.25) is 6.41 Å². The van der Waals surface area contributed by atoms with Gasteiger partial charge in [-0.3, -0.25) is 4.79 Å². The molecule has 0 bridgehead atoms. The molecule has 0 saturated carbocycles. The van der Waals surface area contributed by atoms with Crippen LogP contribution in [0, 0.1) is 5.82 Å². The van der Waals surface area contributed by atoms with Gasteiger partial charge in [-0.25, -0.2) is 9.18 Å². The van der Waals surface area contributed by atoms with E-state index in [4.69, 9.17) is 4.74 Å². The van der Waals surface area contributed by atoms with Crippen LogP contribution in [0.3, 0.4) is 0 Å². The van der Waals surface area contributed by atoms with Gasteiger partial charge in [-0.2, -0.15) is 0 Å². The highest BCUT2D eigenvalue weighted by Gasteiger charge is 2.19. The number of piperazine rings is 1. The molecule has 1 aliphatic rings. The first-order chi connectivity index (χ1) is 10.2. The normalized spacial score (nSPS) is 14.7. The van der Waals surface area contributed by atoms with E-state index in [1.165, 1.54) is 12.1 Å². The van der Waals surface area contributed by atoms with E-state index in [9.17, 15) is 14.0 Å². The summed E-state index contributed by atoms with van der Waals surface area (Å²) >= 11 is 0. The lowest BCUT2D eigenvalue weighted by Gasteiger charge is -2.32. The Morgan fingerprint density at radius 3 is 2.67 bits per heavy atom. The third kappa shape index (κ3) is 4.34. The Labute approximate surface area is 122 Å². The van der Waals surface area contributed by atoms with Crippen molar-refractivity contribution >= 4 is 12.4 Å². The van der Waals surface area contributed by atoms with Crippen LogP contribution in [0.1, 0.15) is 0 Å². The summed E-state index contributed by atoms with van der Waals surface area (Å²) in [7, 11) is 0. The molecule has 6 nitrogen and oxygen atoms in total. The Morgan fingerprint density at radius 2 is 2.00 bits per heavy atom. The Balaban J connectivity index is 1.66. The van der Waals surface area contributed by atoms with Gasteiger partial charge in [-0.1, -0.05) is 12.1 Å². The van der Waals surface area contributed by atoms with Gasteiger partial charge >= 0.3 is 6.03 Å². The zero-order valence-corrected chi connectivity index (χ0v) is 11.6. The molecule has 0 unspecified atom stereocenters. The summed E-state index contributed by atoms with van der Waals surface area (Å²) in [6, 6.07) is 5.93. The molecule has 7 heteroatoms. The molecule has 1 aromatic rings. The zero-order valence-electron chi connectivity index (χ0n) is 11.6. The van der Waals surface area contributed by atoms with E-state index >= 15 is 0 Å². The molecule has 2 rings (SSSR count). The van der Waals surface area contributed by atoms with Crippen molar-refractivity contribution < 1.29 is 18.7 Å². The smallest absolute Gasteiger partial charge is 0.317 e. The molecule has 0 atom stereocenters. The summed E-state index contributed by atoms with van der Waals surface area (Å²) in [5.74, 6) is -0.250. The van der Waals surface area contributed by atoms with E-state index in [1.807, 2.05) is 0 Å². The minimum Gasteiger partial charge on any atom is -0.489 e. The van der Waals surface area contributed by atoms with Crippen LogP contribution in [0.25, 0.3) is 0 Å². The highest BCUT2D eigenvalue weighted by atomic mass is 19.1. The van der Waals surface area contributed by atoms with Gasteiger partial charge in [-0.15, -0.1) is 0 Å². The molecule has 3 amide bonds. The molecule has 1 aliphatic heterocycles. The molecule has 1 N–H and O–H groups in total. The number of carbonyl (C=O) groups is 2. The highest BCUT2D eigenvalue weighted by Crippen LogP contribution is 2.14. The fourth-order valence-electron chi connectivity index (χ4n) is 2.02. The van der Waals surface area contributed by atoms with E-state index in [0.29, 0.717) is 32.7 Å². The number of hydrogen-bond donors (Lipinski definition) is 1. The van der Waals surface area contributed by atoms with Crippen molar-refractivity contribution in [3.8, 4) is 5.75 Å². The van der Waals surface area contributed by atoms with Gasteiger partial charge in [0, 0.05) is 26.2 Å². The topological polar surface area (TPSA) is 61.9 Å². The van der Waals surface area contributed by atoms with Crippen LogP contribution < -0.4 is 10.1 Å². The lowest BCUT2D eigenvalue weighted by Crippen LogP contribution is -2.51. The number of nitrogens with zero attached hydrogens (tertiary/aromatic N) is 2. The molecule has 0 spiro atoms. The molecule has 1 aromatic carbocycles. The highest BCUT2D eigenvalue weighted by molar-refractivity contribution is 5.74. The molecule has 21 heavy (non-hydrogen) atoms. The molecule has 1 fully saturated rings. The Kier molecular flexibility index (Phi) is 5.36. The first-order valence-corrected chi connectivity index (χ1v) is 6.80. The predicted molar refractivity (Wildman–Crippen MR) is 74.5 cm³/mol. The monoisotopic (exact) mass is 295 g/mol. The molecule has 0 radical (unpaired) electrons. The number of benzene rings is 1. The van der Waals surface area contributed by atoms with Crippen molar-refractivity contribution in [1.29, 1.82) is 0 Å². The molecular weight excluding hydrogens is 277 g/mol. The zero-order chi connectivity index (χ0) is 15.1. The third-order valence-electron chi connectivity index (χ3n) is 3.22. The van der Waals surface area contributed by atoms with E-state index in [0.717, 1.165) is 6.41 Å². The van der Waals surface area contributed by atoms with Gasteiger partial charge in [0.1, 0.15) is 6.61 Å². The number of urea groups is 1. The maximum absolute atomic E-state index is 13.3. The Morgan fingerprint density at radius 1 is 1.29 bits per heavy atom. The summed E-state index contributed by atoms with van der Waals surface area (Å²) in [6.45, 7) is 2.60. The second-order valence-corrected chi connectivity index (χ2v) is 4.64. The van der Waals surface area contributed by atoms with Crippen LogP contribution in [0.2, 0.25) is 0 Å². The quantitative estimate of drug-likeness (QED) is 0.642. The van der Waals surface area contributed by atoms with Gasteiger partial charge < -0.3 is 19.9 Å². The Hall–Kier alpha value is -2.31. The standard InChI is InChI=1S/C14H18FN3O3/c15-12-3-1-2-4-13(12)21-10-5-16-14(20)18-8-6-17(11-19)7-9-18/h1-4,11H,5-10H2,(H,16,20). The maximum atomic E-state index is 13.3. The van der Waals surface area contributed by atoms with Crippen LogP contribution in [0.15, 0.2) is 24.3 Å². The second kappa shape index (κ2) is 7.47. The van der Waals surface area contributed by atoms with Crippen LogP contribution >= 0.6 is 0 Å². The summed E-state index contributed by atoms with van der Waals surface area (Å²) in [5, 5.41) is 2.71. The average molecular weight is 295 g/mol. The number of rotatable bonds is 5. The number of ether oxygens (including phenoxy) is 1. The largest absolute Gasteiger partial charge is 0.489 e. The van der Waals surface area contributed by atoms with Gasteiger partial charge in [0.05, 0.1) is 6.54 Å². The first-order valence-electron chi connectivity index (χ1n) is 6.80.